The first kappa shape index (κ1) is 24.5. The van der Waals surface area contributed by atoms with Crippen LogP contribution in [0.4, 0.5) is 0 Å². The molecular weight excluding hydrogens is 292 g/mol. The molecular formula is C18H42N2OS. The van der Waals surface area contributed by atoms with Gasteiger partial charge in [-0.1, -0.05) is 40.0 Å². The minimum Gasteiger partial charge on any atom is -0.298 e. The van der Waals surface area contributed by atoms with E-state index in [1.54, 1.807) is 0 Å². The smallest absolute Gasteiger partial charge is 0.0755 e. The summed E-state index contributed by atoms with van der Waals surface area (Å²) in [6, 6.07) is 0. The molecule has 0 aliphatic heterocycles. The Balaban J connectivity index is 0. The maximum absolute atomic E-state index is 5.93. The number of rotatable bonds is 11. The van der Waals surface area contributed by atoms with E-state index in [0.717, 1.165) is 13.3 Å². The Kier molecular flexibility index (Phi) is 16.5. The molecule has 1 atom stereocenters. The highest BCUT2D eigenvalue weighted by Gasteiger charge is 2.19. The van der Waals surface area contributed by atoms with Crippen LogP contribution < -0.4 is 0 Å². The summed E-state index contributed by atoms with van der Waals surface area (Å²) in [5.74, 6) is 1.88. The lowest BCUT2D eigenvalue weighted by Gasteiger charge is -2.35. The van der Waals surface area contributed by atoms with Crippen molar-refractivity contribution in [3.63, 3.8) is 0 Å². The van der Waals surface area contributed by atoms with Gasteiger partial charge >= 0.3 is 0 Å². The van der Waals surface area contributed by atoms with Gasteiger partial charge in [0.15, 0.2) is 0 Å². The summed E-state index contributed by atoms with van der Waals surface area (Å²) in [6.45, 7) is 14.6. The predicted octanol–water partition coefficient (Wildman–Crippen LogP) is 5.12. The number of thioether (sulfide) groups is 1. The summed E-state index contributed by atoms with van der Waals surface area (Å²) in [4.78, 5) is 8.23. The summed E-state index contributed by atoms with van der Waals surface area (Å²) in [6.07, 6.45) is 7.44. The van der Waals surface area contributed by atoms with Crippen LogP contribution in [0.1, 0.15) is 67.2 Å². The molecule has 22 heavy (non-hydrogen) atoms. The number of hydrogen-bond donors (Lipinski definition) is 0. The highest BCUT2D eigenvalue weighted by atomic mass is 32.2. The molecule has 0 fully saturated rings. The molecule has 0 spiro atoms. The Bertz CT molecular complexity index is 232. The van der Waals surface area contributed by atoms with Gasteiger partial charge in [0.1, 0.15) is 0 Å². The van der Waals surface area contributed by atoms with E-state index in [1.165, 1.54) is 31.4 Å². The van der Waals surface area contributed by atoms with Gasteiger partial charge in [-0.3, -0.25) is 9.74 Å². The van der Waals surface area contributed by atoms with Crippen LogP contribution in [-0.2, 0) is 4.84 Å². The number of nitrogens with zero attached hydrogens (tertiary/aromatic N) is 2. The molecule has 0 aliphatic rings. The van der Waals surface area contributed by atoms with Crippen LogP contribution in [-0.4, -0.2) is 54.9 Å². The van der Waals surface area contributed by atoms with Gasteiger partial charge in [0, 0.05) is 12.6 Å². The Labute approximate surface area is 145 Å². The summed E-state index contributed by atoms with van der Waals surface area (Å²) in [5, 5.41) is 1.97. The van der Waals surface area contributed by atoms with Crippen molar-refractivity contribution in [1.82, 2.24) is 9.96 Å². The third kappa shape index (κ3) is 13.9. The van der Waals surface area contributed by atoms with E-state index in [9.17, 15) is 0 Å². The van der Waals surface area contributed by atoms with Crippen molar-refractivity contribution >= 4 is 11.8 Å². The van der Waals surface area contributed by atoms with Gasteiger partial charge in [-0.15, -0.1) is 0 Å². The van der Waals surface area contributed by atoms with E-state index in [-0.39, 0.29) is 5.54 Å². The molecule has 0 rings (SSSR count). The first-order valence-corrected chi connectivity index (χ1v) is 10.2. The number of unbranched alkanes of at least 4 members (excludes halogenated alkanes) is 2. The summed E-state index contributed by atoms with van der Waals surface area (Å²) in [7, 11) is 4.17. The third-order valence-corrected chi connectivity index (χ3v) is 4.51. The standard InChI is InChI=1S/C16H36N2OS.C2H6/c1-8-9-10-11-15(13-20-7)12-19-18(6)14-17(5)16(2,3)4;1-2/h15H,8-14H2,1-7H3;1-2H3. The molecule has 0 aliphatic carbocycles. The van der Waals surface area contributed by atoms with Gasteiger partial charge in [-0.2, -0.15) is 16.8 Å². The van der Waals surface area contributed by atoms with Crippen molar-refractivity contribution in [3.05, 3.63) is 0 Å². The highest BCUT2D eigenvalue weighted by molar-refractivity contribution is 7.98. The Morgan fingerprint density at radius 3 is 2.14 bits per heavy atom. The highest BCUT2D eigenvalue weighted by Crippen LogP contribution is 2.16. The van der Waals surface area contributed by atoms with Gasteiger partial charge in [-0.05, 0) is 52.2 Å². The number of hydroxylamine groups is 2. The van der Waals surface area contributed by atoms with E-state index in [0.29, 0.717) is 5.92 Å². The van der Waals surface area contributed by atoms with Crippen LogP contribution in [0.5, 0.6) is 0 Å². The minimum absolute atomic E-state index is 0.178. The molecule has 0 heterocycles. The molecule has 0 N–H and O–H groups in total. The molecule has 3 nitrogen and oxygen atoms in total. The van der Waals surface area contributed by atoms with Crippen molar-refractivity contribution < 1.29 is 4.84 Å². The lowest BCUT2D eigenvalue weighted by molar-refractivity contribution is -0.178. The van der Waals surface area contributed by atoms with Crippen molar-refractivity contribution in [2.45, 2.75) is 72.8 Å². The van der Waals surface area contributed by atoms with Gasteiger partial charge in [-0.25, -0.2) is 0 Å². The van der Waals surface area contributed by atoms with E-state index >= 15 is 0 Å². The lowest BCUT2D eigenvalue weighted by atomic mass is 10.0. The van der Waals surface area contributed by atoms with Crippen LogP contribution in [0.3, 0.4) is 0 Å². The second-order valence-corrected chi connectivity index (χ2v) is 7.66. The average Bonchev–Trinajstić information content (AvgIpc) is 2.46. The molecule has 136 valence electrons. The second kappa shape index (κ2) is 14.8. The first-order chi connectivity index (χ1) is 10.3. The van der Waals surface area contributed by atoms with Crippen LogP contribution in [0.2, 0.25) is 0 Å². The molecule has 0 radical (unpaired) electrons. The largest absolute Gasteiger partial charge is 0.298 e. The number of hydrogen-bond acceptors (Lipinski definition) is 4. The fourth-order valence-electron chi connectivity index (χ4n) is 1.92. The summed E-state index contributed by atoms with van der Waals surface area (Å²) >= 11 is 1.93. The Morgan fingerprint density at radius 2 is 1.68 bits per heavy atom. The van der Waals surface area contributed by atoms with Crippen molar-refractivity contribution in [1.29, 1.82) is 0 Å². The molecule has 1 unspecified atom stereocenters. The molecule has 0 saturated heterocycles. The Hall–Kier alpha value is 0.230. The maximum Gasteiger partial charge on any atom is 0.0755 e. The van der Waals surface area contributed by atoms with Crippen molar-refractivity contribution in [2.75, 3.05) is 39.4 Å². The quantitative estimate of drug-likeness (QED) is 0.296. The van der Waals surface area contributed by atoms with E-state index in [1.807, 2.05) is 37.7 Å². The van der Waals surface area contributed by atoms with Crippen molar-refractivity contribution in [2.24, 2.45) is 5.92 Å². The van der Waals surface area contributed by atoms with Crippen LogP contribution in [0.15, 0.2) is 0 Å². The predicted molar refractivity (Wildman–Crippen MR) is 103 cm³/mol. The first-order valence-electron chi connectivity index (χ1n) is 8.85. The van der Waals surface area contributed by atoms with Gasteiger partial charge in [0.05, 0.1) is 13.3 Å². The molecule has 0 aromatic heterocycles. The van der Waals surface area contributed by atoms with E-state index in [4.69, 9.17) is 4.84 Å². The molecule has 0 aromatic carbocycles. The zero-order valence-corrected chi connectivity index (χ0v) is 17.6. The van der Waals surface area contributed by atoms with Gasteiger partial charge in [0.2, 0.25) is 0 Å². The van der Waals surface area contributed by atoms with E-state index < -0.39 is 0 Å². The fraction of sp³-hybridized carbons (Fsp3) is 1.00. The SMILES string of the molecule is CC.CCCCCC(CON(C)CN(C)C(C)(C)C)CSC. The monoisotopic (exact) mass is 334 g/mol. The van der Waals surface area contributed by atoms with Crippen LogP contribution in [0, 0.1) is 5.92 Å². The van der Waals surface area contributed by atoms with E-state index in [2.05, 4.69) is 45.9 Å². The summed E-state index contributed by atoms with van der Waals surface area (Å²) in [5.41, 5.74) is 0.178. The lowest BCUT2D eigenvalue weighted by Crippen LogP contribution is -2.44. The molecule has 0 saturated carbocycles. The zero-order chi connectivity index (χ0) is 17.6. The average molecular weight is 335 g/mol. The molecule has 0 bridgehead atoms. The normalized spacial score (nSPS) is 13.2. The van der Waals surface area contributed by atoms with Gasteiger partial charge < -0.3 is 0 Å². The summed E-state index contributed by atoms with van der Waals surface area (Å²) < 4.78 is 0. The minimum atomic E-state index is 0.178. The fourth-order valence-corrected chi connectivity index (χ4v) is 2.65. The van der Waals surface area contributed by atoms with Crippen molar-refractivity contribution in [3.8, 4) is 0 Å². The Morgan fingerprint density at radius 1 is 1.09 bits per heavy atom. The molecule has 4 heteroatoms. The molecule has 0 aromatic rings. The molecule has 0 amide bonds. The third-order valence-electron chi connectivity index (χ3n) is 3.71. The second-order valence-electron chi connectivity index (χ2n) is 6.75. The van der Waals surface area contributed by atoms with Crippen LogP contribution >= 0.6 is 11.8 Å². The topological polar surface area (TPSA) is 15.7 Å². The van der Waals surface area contributed by atoms with Gasteiger partial charge in [0.25, 0.3) is 0 Å². The zero-order valence-electron chi connectivity index (χ0n) is 16.7. The van der Waals surface area contributed by atoms with Crippen LogP contribution in [0.25, 0.3) is 0 Å². The maximum atomic E-state index is 5.93.